The van der Waals surface area contributed by atoms with Gasteiger partial charge >= 0.3 is 0 Å². The Balaban J connectivity index is 1.99. The zero-order valence-electron chi connectivity index (χ0n) is 13.8. The number of aromatic nitrogens is 1. The summed E-state index contributed by atoms with van der Waals surface area (Å²) in [4.78, 5) is 7.06. The number of allylic oxidation sites excluding steroid dienone is 1. The van der Waals surface area contributed by atoms with Gasteiger partial charge in [-0.2, -0.15) is 5.26 Å². The second-order valence-corrected chi connectivity index (χ2v) is 7.75. The van der Waals surface area contributed by atoms with Crippen LogP contribution in [0.25, 0.3) is 22.1 Å². The minimum absolute atomic E-state index is 0.420. The highest BCUT2D eigenvalue weighted by atomic mass is 32.1. The SMILES string of the molecule is COc1nc2c(c(-c3cccs3)c1C#N)CCC/C2=C\c1cccs1. The van der Waals surface area contributed by atoms with Crippen molar-refractivity contribution in [2.24, 2.45) is 0 Å². The monoisotopic (exact) mass is 364 g/mol. The van der Waals surface area contributed by atoms with Gasteiger partial charge in [0.25, 0.3) is 0 Å². The van der Waals surface area contributed by atoms with Crippen molar-refractivity contribution in [3.05, 3.63) is 56.7 Å². The van der Waals surface area contributed by atoms with E-state index in [2.05, 4.69) is 35.7 Å². The highest BCUT2D eigenvalue weighted by molar-refractivity contribution is 7.13. The molecule has 0 saturated heterocycles. The van der Waals surface area contributed by atoms with Gasteiger partial charge in [-0.1, -0.05) is 12.1 Å². The summed E-state index contributed by atoms with van der Waals surface area (Å²) in [6.07, 6.45) is 5.23. The van der Waals surface area contributed by atoms with Crippen molar-refractivity contribution in [2.75, 3.05) is 7.11 Å². The van der Waals surface area contributed by atoms with E-state index < -0.39 is 0 Å². The molecule has 0 bridgehead atoms. The third-order valence-electron chi connectivity index (χ3n) is 4.37. The summed E-state index contributed by atoms with van der Waals surface area (Å²) in [6.45, 7) is 0. The number of ether oxygens (including phenoxy) is 1. The standard InChI is InChI=1S/C20H16N2OS2/c1-23-20-16(12-21)18(17-8-4-10-25-17)15-7-2-5-13(19(15)22-20)11-14-6-3-9-24-14/h3-4,6,8-11H,2,5,7H2,1H3/b13-11+. The fraction of sp³-hybridized carbons (Fsp3) is 0.200. The molecule has 0 saturated carbocycles. The molecule has 0 aromatic carbocycles. The highest BCUT2D eigenvalue weighted by Gasteiger charge is 2.26. The van der Waals surface area contributed by atoms with Crippen LogP contribution in [-0.2, 0) is 6.42 Å². The molecule has 4 rings (SSSR count). The van der Waals surface area contributed by atoms with Crippen LogP contribution in [0.3, 0.4) is 0 Å². The smallest absolute Gasteiger partial charge is 0.232 e. The Labute approximate surface area is 154 Å². The van der Waals surface area contributed by atoms with Gasteiger partial charge in [0, 0.05) is 15.3 Å². The second kappa shape index (κ2) is 6.83. The summed E-state index contributed by atoms with van der Waals surface area (Å²) in [5.74, 6) is 0.420. The molecule has 1 aliphatic rings. The van der Waals surface area contributed by atoms with E-state index in [9.17, 15) is 5.26 Å². The Morgan fingerprint density at radius 1 is 1.20 bits per heavy atom. The van der Waals surface area contributed by atoms with Crippen LogP contribution < -0.4 is 4.74 Å². The van der Waals surface area contributed by atoms with Gasteiger partial charge in [0.05, 0.1) is 12.8 Å². The van der Waals surface area contributed by atoms with Gasteiger partial charge in [-0.05, 0) is 59.4 Å². The molecular weight excluding hydrogens is 348 g/mol. The fourth-order valence-electron chi connectivity index (χ4n) is 3.31. The number of hydrogen-bond acceptors (Lipinski definition) is 5. The first-order valence-electron chi connectivity index (χ1n) is 8.11. The lowest BCUT2D eigenvalue weighted by molar-refractivity contribution is 0.395. The first-order chi connectivity index (χ1) is 12.3. The van der Waals surface area contributed by atoms with Crippen LogP contribution in [0.5, 0.6) is 5.88 Å². The lowest BCUT2D eigenvalue weighted by Gasteiger charge is -2.23. The van der Waals surface area contributed by atoms with Crippen LogP contribution in [0, 0.1) is 11.3 Å². The van der Waals surface area contributed by atoms with E-state index in [1.165, 1.54) is 16.0 Å². The average Bonchev–Trinajstić information content (AvgIpc) is 3.34. The van der Waals surface area contributed by atoms with E-state index in [1.807, 2.05) is 11.4 Å². The summed E-state index contributed by atoms with van der Waals surface area (Å²) >= 11 is 3.38. The Kier molecular flexibility index (Phi) is 4.39. The zero-order chi connectivity index (χ0) is 17.2. The van der Waals surface area contributed by atoms with Crippen molar-refractivity contribution in [3.8, 4) is 22.4 Å². The van der Waals surface area contributed by atoms with Gasteiger partial charge in [0.2, 0.25) is 5.88 Å². The lowest BCUT2D eigenvalue weighted by atomic mass is 9.86. The number of rotatable bonds is 3. The normalized spacial score (nSPS) is 15.0. The van der Waals surface area contributed by atoms with Gasteiger partial charge in [-0.3, -0.25) is 0 Å². The predicted molar refractivity (Wildman–Crippen MR) is 104 cm³/mol. The minimum atomic E-state index is 0.420. The maximum absolute atomic E-state index is 9.73. The average molecular weight is 364 g/mol. The number of hydrogen-bond donors (Lipinski definition) is 0. The van der Waals surface area contributed by atoms with E-state index >= 15 is 0 Å². The molecule has 0 spiro atoms. The Bertz CT molecular complexity index is 964. The van der Waals surface area contributed by atoms with E-state index in [4.69, 9.17) is 9.72 Å². The molecule has 0 amide bonds. The number of methoxy groups -OCH3 is 1. The van der Waals surface area contributed by atoms with Gasteiger partial charge in [0.1, 0.15) is 11.6 Å². The second-order valence-electron chi connectivity index (χ2n) is 5.83. The van der Waals surface area contributed by atoms with Gasteiger partial charge < -0.3 is 4.74 Å². The quantitative estimate of drug-likeness (QED) is 0.605. The molecule has 1 aliphatic carbocycles. The maximum atomic E-state index is 9.73. The first-order valence-corrected chi connectivity index (χ1v) is 9.87. The van der Waals surface area contributed by atoms with E-state index in [0.29, 0.717) is 11.4 Å². The molecule has 0 atom stereocenters. The fourth-order valence-corrected chi connectivity index (χ4v) is 4.80. The zero-order valence-corrected chi connectivity index (χ0v) is 15.4. The first kappa shape index (κ1) is 16.1. The number of nitrogens with zero attached hydrogens (tertiary/aromatic N) is 2. The lowest BCUT2D eigenvalue weighted by Crippen LogP contribution is -2.10. The van der Waals surface area contributed by atoms with Crippen molar-refractivity contribution in [3.63, 3.8) is 0 Å². The van der Waals surface area contributed by atoms with Crippen molar-refractivity contribution >= 4 is 34.3 Å². The van der Waals surface area contributed by atoms with Crippen molar-refractivity contribution in [1.82, 2.24) is 4.98 Å². The van der Waals surface area contributed by atoms with E-state index in [-0.39, 0.29) is 0 Å². The molecule has 3 aromatic rings. The Hall–Kier alpha value is -2.42. The van der Waals surface area contributed by atoms with E-state index in [1.54, 1.807) is 29.8 Å². The van der Waals surface area contributed by atoms with Gasteiger partial charge in [-0.15, -0.1) is 22.7 Å². The molecule has 5 heteroatoms. The largest absolute Gasteiger partial charge is 0.480 e. The molecule has 25 heavy (non-hydrogen) atoms. The van der Waals surface area contributed by atoms with Crippen LogP contribution in [0.2, 0.25) is 0 Å². The molecular formula is C20H16N2OS2. The summed E-state index contributed by atoms with van der Waals surface area (Å²) in [7, 11) is 1.58. The molecule has 3 heterocycles. The predicted octanol–water partition coefficient (Wildman–Crippen LogP) is 5.63. The van der Waals surface area contributed by atoms with Crippen LogP contribution in [0.1, 0.15) is 34.5 Å². The summed E-state index contributed by atoms with van der Waals surface area (Å²) in [6, 6.07) is 10.6. The summed E-state index contributed by atoms with van der Waals surface area (Å²) < 4.78 is 5.47. The molecule has 0 radical (unpaired) electrons. The molecule has 0 aliphatic heterocycles. The molecule has 0 fully saturated rings. The number of thiophene rings is 2. The summed E-state index contributed by atoms with van der Waals surface area (Å²) in [5.41, 5.74) is 4.93. The molecule has 0 N–H and O–H groups in total. The van der Waals surface area contributed by atoms with Crippen LogP contribution in [0.15, 0.2) is 35.0 Å². The molecule has 124 valence electrons. The van der Waals surface area contributed by atoms with Crippen LogP contribution in [0.4, 0.5) is 0 Å². The molecule has 3 aromatic heterocycles. The maximum Gasteiger partial charge on any atom is 0.232 e. The summed E-state index contributed by atoms with van der Waals surface area (Å²) in [5, 5.41) is 13.9. The van der Waals surface area contributed by atoms with E-state index in [0.717, 1.165) is 35.4 Å². The van der Waals surface area contributed by atoms with Gasteiger partial charge in [-0.25, -0.2) is 4.98 Å². The molecule has 0 unspecified atom stereocenters. The number of pyridine rings is 1. The highest BCUT2D eigenvalue weighted by Crippen LogP contribution is 2.42. The third kappa shape index (κ3) is 2.88. The topological polar surface area (TPSA) is 45.9 Å². The Morgan fingerprint density at radius 2 is 2.04 bits per heavy atom. The van der Waals surface area contributed by atoms with Crippen molar-refractivity contribution < 1.29 is 4.74 Å². The van der Waals surface area contributed by atoms with Gasteiger partial charge in [0.15, 0.2) is 0 Å². The van der Waals surface area contributed by atoms with Crippen molar-refractivity contribution in [2.45, 2.75) is 19.3 Å². The van der Waals surface area contributed by atoms with Crippen molar-refractivity contribution in [1.29, 1.82) is 5.26 Å². The van der Waals surface area contributed by atoms with Crippen LogP contribution >= 0.6 is 22.7 Å². The molecule has 3 nitrogen and oxygen atoms in total. The Morgan fingerprint density at radius 3 is 2.72 bits per heavy atom. The minimum Gasteiger partial charge on any atom is -0.480 e. The van der Waals surface area contributed by atoms with Crippen LogP contribution in [-0.4, -0.2) is 12.1 Å². The number of nitriles is 1. The third-order valence-corrected chi connectivity index (χ3v) is 6.08. The number of fused-ring (bicyclic) bond motifs is 1.